The van der Waals surface area contributed by atoms with Gasteiger partial charge in [0.05, 0.1) is 7.11 Å². The second-order valence-corrected chi connectivity index (χ2v) is 7.39. The fourth-order valence-corrected chi connectivity index (χ4v) is 3.03. The second kappa shape index (κ2) is 8.47. The molecule has 1 aliphatic rings. The summed E-state index contributed by atoms with van der Waals surface area (Å²) < 4.78 is 20.7. The number of likely N-dealkylation sites (N-methyl/N-ethyl adjacent to an activating group) is 1. The Labute approximate surface area is 178 Å². The molecular weight excluding hydrogens is 406 g/mol. The van der Waals surface area contributed by atoms with Gasteiger partial charge in [0.1, 0.15) is 16.9 Å². The number of amides is 2. The Morgan fingerprint density at radius 2 is 1.65 bits per heavy atom. The molecule has 0 saturated carbocycles. The van der Waals surface area contributed by atoms with Gasteiger partial charge in [0.15, 0.2) is 11.5 Å². The van der Waals surface area contributed by atoms with E-state index in [4.69, 9.17) is 14.2 Å². The van der Waals surface area contributed by atoms with Crippen molar-refractivity contribution in [2.75, 3.05) is 14.2 Å². The summed E-state index contributed by atoms with van der Waals surface area (Å²) in [6, 6.07) is 10.8. The van der Waals surface area contributed by atoms with Crippen molar-refractivity contribution in [2.45, 2.75) is 25.9 Å². The van der Waals surface area contributed by atoms with Crippen LogP contribution in [-0.2, 0) is 20.7 Å². The number of carbonyl (C=O) groups excluding carboxylic acids is 4. The lowest BCUT2D eigenvalue weighted by Gasteiger charge is -2.19. The lowest BCUT2D eigenvalue weighted by Crippen LogP contribution is -2.41. The largest absolute Gasteiger partial charge is 0.483 e. The number of hydrogen-bond acceptors (Lipinski definition) is 8. The van der Waals surface area contributed by atoms with Crippen molar-refractivity contribution in [3.8, 4) is 17.2 Å². The third-order valence-corrected chi connectivity index (χ3v) is 4.50. The molecule has 1 heterocycles. The average Bonchev–Trinajstić information content (AvgIpc) is 3.07. The highest BCUT2D eigenvalue weighted by Crippen LogP contribution is 2.41. The van der Waals surface area contributed by atoms with Crippen molar-refractivity contribution < 1.29 is 38.1 Å². The molecule has 9 heteroatoms. The van der Waals surface area contributed by atoms with Crippen LogP contribution < -0.4 is 14.2 Å². The Kier molecular flexibility index (Phi) is 5.96. The van der Waals surface area contributed by atoms with Gasteiger partial charge in [0.25, 0.3) is 0 Å². The zero-order valence-electron chi connectivity index (χ0n) is 17.5. The summed E-state index contributed by atoms with van der Waals surface area (Å²) >= 11 is 0. The van der Waals surface area contributed by atoms with E-state index in [1.54, 1.807) is 6.07 Å². The SMILES string of the molecule is COC(=O)c1ccccc1OC(=O)C(=O)N(C)C(=O)Oc1cccc2c1OC(C)(C)C2. The number of hydrogen-bond donors (Lipinski definition) is 0. The zero-order valence-corrected chi connectivity index (χ0v) is 17.5. The maximum Gasteiger partial charge on any atom is 0.422 e. The molecule has 3 rings (SSSR count). The highest BCUT2D eigenvalue weighted by Gasteiger charge is 2.34. The maximum absolute atomic E-state index is 12.4. The summed E-state index contributed by atoms with van der Waals surface area (Å²) in [5.41, 5.74) is 0.364. The van der Waals surface area contributed by atoms with E-state index in [0.29, 0.717) is 17.1 Å². The van der Waals surface area contributed by atoms with Gasteiger partial charge in [0, 0.05) is 19.0 Å². The van der Waals surface area contributed by atoms with Crippen LogP contribution in [-0.4, -0.2) is 48.6 Å². The number of methoxy groups -OCH3 is 1. The second-order valence-electron chi connectivity index (χ2n) is 7.39. The van der Waals surface area contributed by atoms with Crippen molar-refractivity contribution in [1.29, 1.82) is 0 Å². The van der Waals surface area contributed by atoms with Gasteiger partial charge in [-0.1, -0.05) is 24.3 Å². The molecule has 0 bridgehead atoms. The van der Waals surface area contributed by atoms with Crippen LogP contribution in [0.25, 0.3) is 0 Å². The van der Waals surface area contributed by atoms with E-state index >= 15 is 0 Å². The quantitative estimate of drug-likeness (QED) is 0.418. The highest BCUT2D eigenvalue weighted by atomic mass is 16.6. The number of esters is 2. The molecule has 0 spiro atoms. The number of benzene rings is 2. The number of imide groups is 1. The molecule has 0 aromatic heterocycles. The van der Waals surface area contributed by atoms with E-state index in [9.17, 15) is 19.2 Å². The average molecular weight is 427 g/mol. The number of para-hydroxylation sites is 2. The van der Waals surface area contributed by atoms with Crippen molar-refractivity contribution in [1.82, 2.24) is 4.90 Å². The van der Waals surface area contributed by atoms with Gasteiger partial charge in [-0.2, -0.15) is 0 Å². The van der Waals surface area contributed by atoms with Gasteiger partial charge >= 0.3 is 23.9 Å². The normalized spacial score (nSPS) is 13.4. The van der Waals surface area contributed by atoms with E-state index in [2.05, 4.69) is 4.74 Å². The van der Waals surface area contributed by atoms with Crippen LogP contribution >= 0.6 is 0 Å². The van der Waals surface area contributed by atoms with Gasteiger partial charge in [-0.05, 0) is 32.0 Å². The number of ether oxygens (including phenoxy) is 4. The van der Waals surface area contributed by atoms with Crippen LogP contribution in [0.1, 0.15) is 29.8 Å². The molecule has 2 amide bonds. The fraction of sp³-hybridized carbons (Fsp3) is 0.273. The van der Waals surface area contributed by atoms with Gasteiger partial charge in [-0.25, -0.2) is 19.3 Å². The number of nitrogens with zero attached hydrogens (tertiary/aromatic N) is 1. The van der Waals surface area contributed by atoms with Gasteiger partial charge < -0.3 is 18.9 Å². The summed E-state index contributed by atoms with van der Waals surface area (Å²) in [5, 5.41) is 0. The van der Waals surface area contributed by atoms with E-state index in [-0.39, 0.29) is 17.1 Å². The fourth-order valence-electron chi connectivity index (χ4n) is 3.03. The van der Waals surface area contributed by atoms with Crippen molar-refractivity contribution in [2.24, 2.45) is 0 Å². The van der Waals surface area contributed by atoms with Gasteiger partial charge in [-0.15, -0.1) is 0 Å². The highest BCUT2D eigenvalue weighted by molar-refractivity contribution is 6.35. The molecule has 0 radical (unpaired) electrons. The third kappa shape index (κ3) is 4.66. The lowest BCUT2D eigenvalue weighted by molar-refractivity contribution is -0.152. The first-order chi connectivity index (χ1) is 14.6. The van der Waals surface area contributed by atoms with Crippen molar-refractivity contribution >= 4 is 23.9 Å². The molecule has 0 aliphatic carbocycles. The van der Waals surface area contributed by atoms with Gasteiger partial charge in [-0.3, -0.25) is 4.79 Å². The Hall–Kier alpha value is -3.88. The van der Waals surface area contributed by atoms with Crippen molar-refractivity contribution in [3.05, 3.63) is 53.6 Å². The number of rotatable bonds is 3. The molecule has 9 nitrogen and oxygen atoms in total. The van der Waals surface area contributed by atoms with Crippen LogP contribution in [0.5, 0.6) is 17.2 Å². The first-order valence-corrected chi connectivity index (χ1v) is 9.33. The van der Waals surface area contributed by atoms with Crippen LogP contribution in [0.4, 0.5) is 4.79 Å². The van der Waals surface area contributed by atoms with Crippen LogP contribution in [0.3, 0.4) is 0 Å². The summed E-state index contributed by atoms with van der Waals surface area (Å²) in [6.07, 6.45) is -0.459. The predicted octanol–water partition coefficient (Wildman–Crippen LogP) is 2.75. The van der Waals surface area contributed by atoms with Gasteiger partial charge in [0.2, 0.25) is 0 Å². The Morgan fingerprint density at radius 3 is 2.35 bits per heavy atom. The zero-order chi connectivity index (χ0) is 22.8. The van der Waals surface area contributed by atoms with E-state index in [1.165, 1.54) is 37.4 Å². The summed E-state index contributed by atoms with van der Waals surface area (Å²) in [5.74, 6) is -3.02. The first-order valence-electron chi connectivity index (χ1n) is 9.33. The molecule has 0 atom stereocenters. The summed E-state index contributed by atoms with van der Waals surface area (Å²) in [4.78, 5) is 49.3. The molecule has 1 aliphatic heterocycles. The Morgan fingerprint density at radius 1 is 0.968 bits per heavy atom. The van der Waals surface area contributed by atoms with Crippen LogP contribution in [0.2, 0.25) is 0 Å². The van der Waals surface area contributed by atoms with Crippen LogP contribution in [0, 0.1) is 0 Å². The molecule has 0 N–H and O–H groups in total. The molecule has 0 saturated heterocycles. The summed E-state index contributed by atoms with van der Waals surface area (Å²) in [6.45, 7) is 3.80. The minimum atomic E-state index is -1.37. The Bertz CT molecular complexity index is 1060. The molecule has 31 heavy (non-hydrogen) atoms. The smallest absolute Gasteiger partial charge is 0.422 e. The lowest BCUT2D eigenvalue weighted by atomic mass is 10.0. The molecule has 2 aromatic rings. The molecular formula is C22H21NO8. The summed E-state index contributed by atoms with van der Waals surface area (Å²) in [7, 11) is 2.24. The monoisotopic (exact) mass is 427 g/mol. The topological polar surface area (TPSA) is 108 Å². The van der Waals surface area contributed by atoms with E-state index in [1.807, 2.05) is 19.9 Å². The number of fused-ring (bicyclic) bond motifs is 1. The van der Waals surface area contributed by atoms with Crippen LogP contribution in [0.15, 0.2) is 42.5 Å². The standard InChI is InChI=1S/C22H21NO8/c1-22(2)12-13-8-7-11-16(17(13)31-22)30-21(27)23(3)18(24)20(26)29-15-10-6-5-9-14(15)19(25)28-4/h5-11H,12H2,1-4H3. The first kappa shape index (κ1) is 21.8. The minimum absolute atomic E-state index is 0.0454. The Balaban J connectivity index is 1.70. The molecule has 0 fully saturated rings. The van der Waals surface area contributed by atoms with E-state index < -0.39 is 29.5 Å². The van der Waals surface area contributed by atoms with E-state index in [0.717, 1.165) is 12.6 Å². The molecule has 2 aromatic carbocycles. The molecule has 0 unspecified atom stereocenters. The number of carbonyl (C=O) groups is 4. The third-order valence-electron chi connectivity index (χ3n) is 4.50. The maximum atomic E-state index is 12.4. The molecule has 162 valence electrons. The minimum Gasteiger partial charge on any atom is -0.483 e. The predicted molar refractivity (Wildman–Crippen MR) is 107 cm³/mol. The van der Waals surface area contributed by atoms with Crippen molar-refractivity contribution in [3.63, 3.8) is 0 Å².